The highest BCUT2D eigenvalue weighted by Crippen LogP contribution is 2.01. The number of hydrogen-bond acceptors (Lipinski definition) is 3. The van der Waals surface area contributed by atoms with E-state index in [0.29, 0.717) is 12.5 Å². The summed E-state index contributed by atoms with van der Waals surface area (Å²) in [5.41, 5.74) is 1.26. The Bertz CT molecular complexity index is 442. The normalized spacial score (nSPS) is 12.0. The molecular weight excluding hydrogens is 290 g/mol. The predicted octanol–water partition coefficient (Wildman–Crippen LogP) is 1.97. The summed E-state index contributed by atoms with van der Waals surface area (Å²) in [6.45, 7) is 10.5. The number of rotatable bonds is 11. The van der Waals surface area contributed by atoms with Gasteiger partial charge in [-0.3, -0.25) is 9.67 Å². The number of aryl methyl sites for hydroxylation is 2. The van der Waals surface area contributed by atoms with Crippen molar-refractivity contribution < 1.29 is 4.74 Å². The Kier molecular flexibility index (Phi) is 10.1. The van der Waals surface area contributed by atoms with Crippen molar-refractivity contribution in [1.29, 1.82) is 0 Å². The molecule has 1 heterocycles. The molecule has 132 valence electrons. The fourth-order valence-corrected chi connectivity index (χ4v) is 2.08. The minimum absolute atomic E-state index is 0.696. The lowest BCUT2D eigenvalue weighted by Gasteiger charge is -2.12. The zero-order chi connectivity index (χ0) is 16.9. The first-order valence-corrected chi connectivity index (χ1v) is 8.69. The first-order chi connectivity index (χ1) is 11.1. The molecule has 0 unspecified atom stereocenters. The molecule has 0 bridgehead atoms. The molecule has 0 fully saturated rings. The van der Waals surface area contributed by atoms with Gasteiger partial charge in [0.2, 0.25) is 0 Å². The molecular formula is C17H33N5O. The van der Waals surface area contributed by atoms with Crippen molar-refractivity contribution in [3.8, 4) is 0 Å². The number of guanidine groups is 1. The predicted molar refractivity (Wildman–Crippen MR) is 95.8 cm³/mol. The quantitative estimate of drug-likeness (QED) is 0.371. The van der Waals surface area contributed by atoms with Gasteiger partial charge in [0.1, 0.15) is 0 Å². The van der Waals surface area contributed by atoms with E-state index in [9.17, 15) is 0 Å². The molecule has 0 aliphatic rings. The van der Waals surface area contributed by atoms with Gasteiger partial charge >= 0.3 is 0 Å². The molecule has 6 heteroatoms. The van der Waals surface area contributed by atoms with E-state index in [1.165, 1.54) is 5.56 Å². The lowest BCUT2D eigenvalue weighted by molar-refractivity contribution is 0.128. The monoisotopic (exact) mass is 323 g/mol. The second-order valence-corrected chi connectivity index (χ2v) is 6.11. The molecule has 0 radical (unpaired) electrons. The van der Waals surface area contributed by atoms with E-state index < -0.39 is 0 Å². The first-order valence-electron chi connectivity index (χ1n) is 8.69. The van der Waals surface area contributed by atoms with Crippen LogP contribution in [0.25, 0.3) is 0 Å². The molecule has 0 aliphatic heterocycles. The molecule has 0 aliphatic carbocycles. The summed E-state index contributed by atoms with van der Waals surface area (Å²) in [4.78, 5) is 4.59. The van der Waals surface area contributed by atoms with E-state index in [1.54, 1.807) is 0 Å². The van der Waals surface area contributed by atoms with Gasteiger partial charge in [-0.15, -0.1) is 0 Å². The highest BCUT2D eigenvalue weighted by Gasteiger charge is 1.99. The molecule has 0 saturated carbocycles. The van der Waals surface area contributed by atoms with Gasteiger partial charge < -0.3 is 15.4 Å². The van der Waals surface area contributed by atoms with Crippen molar-refractivity contribution in [2.45, 2.75) is 40.0 Å². The summed E-state index contributed by atoms with van der Waals surface area (Å²) >= 11 is 0. The zero-order valence-electron chi connectivity index (χ0n) is 15.1. The number of nitrogens with one attached hydrogen (secondary N) is 2. The summed E-state index contributed by atoms with van der Waals surface area (Å²) in [6.07, 6.45) is 7.12. The topological polar surface area (TPSA) is 63.5 Å². The van der Waals surface area contributed by atoms with Crippen LogP contribution in [-0.4, -0.2) is 48.6 Å². The third kappa shape index (κ3) is 9.94. The SMILES string of the molecule is CCNC(=NCCCc1cnn(C)c1)NCCOCCC(C)C. The summed E-state index contributed by atoms with van der Waals surface area (Å²) in [7, 11) is 1.94. The second kappa shape index (κ2) is 11.9. The molecule has 0 amide bonds. The van der Waals surface area contributed by atoms with E-state index >= 15 is 0 Å². The number of ether oxygens (including phenoxy) is 1. The molecule has 23 heavy (non-hydrogen) atoms. The van der Waals surface area contributed by atoms with Crippen molar-refractivity contribution in [3.05, 3.63) is 18.0 Å². The van der Waals surface area contributed by atoms with Gasteiger partial charge in [-0.1, -0.05) is 13.8 Å². The number of nitrogens with zero attached hydrogens (tertiary/aromatic N) is 3. The van der Waals surface area contributed by atoms with Gasteiger partial charge in [-0.05, 0) is 37.7 Å². The smallest absolute Gasteiger partial charge is 0.191 e. The van der Waals surface area contributed by atoms with Crippen LogP contribution in [0.15, 0.2) is 17.4 Å². The molecule has 2 N–H and O–H groups in total. The Morgan fingerprint density at radius 2 is 2.17 bits per heavy atom. The van der Waals surface area contributed by atoms with E-state index in [4.69, 9.17) is 4.74 Å². The molecule has 6 nitrogen and oxygen atoms in total. The minimum atomic E-state index is 0.696. The van der Waals surface area contributed by atoms with Crippen molar-refractivity contribution in [1.82, 2.24) is 20.4 Å². The van der Waals surface area contributed by atoms with Crippen molar-refractivity contribution in [2.75, 3.05) is 32.8 Å². The van der Waals surface area contributed by atoms with E-state index in [1.807, 2.05) is 17.9 Å². The average molecular weight is 323 g/mol. The Balaban J connectivity index is 2.16. The van der Waals surface area contributed by atoms with Crippen LogP contribution in [-0.2, 0) is 18.2 Å². The van der Waals surface area contributed by atoms with Gasteiger partial charge in [-0.2, -0.15) is 5.10 Å². The lowest BCUT2D eigenvalue weighted by Crippen LogP contribution is -2.39. The Hall–Kier alpha value is -1.56. The molecule has 0 saturated heterocycles. The van der Waals surface area contributed by atoms with Crippen LogP contribution in [0.1, 0.15) is 39.2 Å². The molecule has 0 spiro atoms. The minimum Gasteiger partial charge on any atom is -0.380 e. The maximum atomic E-state index is 5.60. The third-order valence-corrected chi connectivity index (χ3v) is 3.37. The Morgan fingerprint density at radius 1 is 1.35 bits per heavy atom. The van der Waals surface area contributed by atoms with Crippen LogP contribution in [0.4, 0.5) is 0 Å². The number of aromatic nitrogens is 2. The standard InChI is InChI=1S/C17H33N5O/c1-5-18-17(20-10-12-23-11-8-15(2)3)19-9-6-7-16-13-21-22(4)14-16/h13-15H,5-12H2,1-4H3,(H2,18,19,20). The largest absolute Gasteiger partial charge is 0.380 e. The van der Waals surface area contributed by atoms with Crippen LogP contribution >= 0.6 is 0 Å². The van der Waals surface area contributed by atoms with Crippen LogP contribution in [0.2, 0.25) is 0 Å². The maximum Gasteiger partial charge on any atom is 0.191 e. The van der Waals surface area contributed by atoms with Crippen molar-refractivity contribution >= 4 is 5.96 Å². The van der Waals surface area contributed by atoms with Gasteiger partial charge in [0.05, 0.1) is 12.8 Å². The van der Waals surface area contributed by atoms with E-state index in [-0.39, 0.29) is 0 Å². The highest BCUT2D eigenvalue weighted by molar-refractivity contribution is 5.79. The third-order valence-electron chi connectivity index (χ3n) is 3.37. The molecule has 1 rings (SSSR count). The van der Waals surface area contributed by atoms with Crippen molar-refractivity contribution in [3.63, 3.8) is 0 Å². The highest BCUT2D eigenvalue weighted by atomic mass is 16.5. The van der Waals surface area contributed by atoms with Gasteiger partial charge in [0.15, 0.2) is 5.96 Å². The fraction of sp³-hybridized carbons (Fsp3) is 0.765. The Morgan fingerprint density at radius 3 is 2.83 bits per heavy atom. The molecule has 1 aromatic rings. The summed E-state index contributed by atoms with van der Waals surface area (Å²) < 4.78 is 7.44. The van der Waals surface area contributed by atoms with Crippen molar-refractivity contribution in [2.24, 2.45) is 18.0 Å². The number of hydrogen-bond donors (Lipinski definition) is 2. The fourth-order valence-electron chi connectivity index (χ4n) is 2.08. The van der Waals surface area contributed by atoms with Gasteiger partial charge in [-0.25, -0.2) is 0 Å². The van der Waals surface area contributed by atoms with Crippen LogP contribution < -0.4 is 10.6 Å². The molecule has 0 aromatic carbocycles. The summed E-state index contributed by atoms with van der Waals surface area (Å²) in [6, 6.07) is 0. The maximum absolute atomic E-state index is 5.60. The summed E-state index contributed by atoms with van der Waals surface area (Å²) in [5.74, 6) is 1.56. The van der Waals surface area contributed by atoms with Gasteiger partial charge in [0.25, 0.3) is 0 Å². The van der Waals surface area contributed by atoms with Crippen LogP contribution in [0, 0.1) is 5.92 Å². The first kappa shape index (κ1) is 19.5. The second-order valence-electron chi connectivity index (χ2n) is 6.11. The zero-order valence-corrected chi connectivity index (χ0v) is 15.1. The summed E-state index contributed by atoms with van der Waals surface area (Å²) in [5, 5.41) is 10.7. The van der Waals surface area contributed by atoms with Gasteiger partial charge in [0, 0.05) is 39.5 Å². The number of aliphatic imine (C=N–C) groups is 1. The van der Waals surface area contributed by atoms with E-state index in [2.05, 4.69) is 47.7 Å². The van der Waals surface area contributed by atoms with Crippen LogP contribution in [0.5, 0.6) is 0 Å². The average Bonchev–Trinajstić information content (AvgIpc) is 2.92. The lowest BCUT2D eigenvalue weighted by atomic mass is 10.1. The van der Waals surface area contributed by atoms with Crippen LogP contribution in [0.3, 0.4) is 0 Å². The molecule has 1 aromatic heterocycles. The Labute approximate surface area is 140 Å². The molecule has 0 atom stereocenters. The van der Waals surface area contributed by atoms with E-state index in [0.717, 1.165) is 51.5 Å².